The number of ether oxygens (including phenoxy) is 2. The van der Waals surface area contributed by atoms with Crippen LogP contribution in [0.1, 0.15) is 42.1 Å². The lowest BCUT2D eigenvalue weighted by molar-refractivity contribution is 0.0469. The van der Waals surface area contributed by atoms with E-state index in [9.17, 15) is 17.6 Å². The number of esters is 1. The van der Waals surface area contributed by atoms with Crippen molar-refractivity contribution < 1.29 is 27.1 Å². The fourth-order valence-electron chi connectivity index (χ4n) is 3.22. The van der Waals surface area contributed by atoms with Crippen molar-refractivity contribution in [2.24, 2.45) is 0 Å². The van der Waals surface area contributed by atoms with E-state index in [-0.39, 0.29) is 12.2 Å². The molecule has 1 saturated heterocycles. The third-order valence-electron chi connectivity index (χ3n) is 4.73. The summed E-state index contributed by atoms with van der Waals surface area (Å²) in [6.07, 6.45) is 2.42. The maximum absolute atomic E-state index is 14.3. The quantitative estimate of drug-likeness (QED) is 0.637. The minimum absolute atomic E-state index is 0.0177. The first-order valence-corrected chi connectivity index (χ1v) is 11.0. The Labute approximate surface area is 170 Å². The number of nitrogens with zero attached hydrogens (tertiary/aromatic N) is 1. The van der Waals surface area contributed by atoms with Crippen molar-refractivity contribution in [3.8, 4) is 5.75 Å². The molecular formula is C21H24FNO5S. The number of para-hydroxylation sites is 1. The summed E-state index contributed by atoms with van der Waals surface area (Å²) in [5.41, 5.74) is 0.668. The van der Waals surface area contributed by atoms with E-state index in [0.717, 1.165) is 31.4 Å². The van der Waals surface area contributed by atoms with Crippen molar-refractivity contribution in [2.75, 3.05) is 19.7 Å². The Bertz CT molecular complexity index is 971. The van der Waals surface area contributed by atoms with Gasteiger partial charge in [0.1, 0.15) is 23.1 Å². The fraction of sp³-hybridized carbons (Fsp3) is 0.381. The fourth-order valence-corrected chi connectivity index (χ4v) is 4.83. The highest BCUT2D eigenvalue weighted by Crippen LogP contribution is 2.25. The molecule has 0 spiro atoms. The van der Waals surface area contributed by atoms with Gasteiger partial charge in [0.25, 0.3) is 0 Å². The molecule has 2 aromatic carbocycles. The second kappa shape index (κ2) is 9.37. The molecule has 0 unspecified atom stereocenters. The minimum atomic E-state index is -4.00. The molecule has 3 rings (SSSR count). The van der Waals surface area contributed by atoms with E-state index < -0.39 is 26.7 Å². The molecule has 0 bridgehead atoms. The Hall–Kier alpha value is -2.45. The molecule has 1 aliphatic rings. The predicted octanol–water partition coefficient (Wildman–Crippen LogP) is 3.76. The maximum atomic E-state index is 14.3. The van der Waals surface area contributed by atoms with E-state index >= 15 is 0 Å². The number of sulfonamides is 1. The van der Waals surface area contributed by atoms with E-state index in [1.165, 1.54) is 10.4 Å². The molecule has 0 aromatic heterocycles. The summed E-state index contributed by atoms with van der Waals surface area (Å²) in [6.45, 7) is 2.99. The highest BCUT2D eigenvalue weighted by Gasteiger charge is 2.29. The second-order valence-electron chi connectivity index (χ2n) is 6.73. The van der Waals surface area contributed by atoms with Crippen molar-refractivity contribution >= 4 is 16.0 Å². The van der Waals surface area contributed by atoms with Crippen LogP contribution in [0.2, 0.25) is 0 Å². The largest absolute Gasteiger partial charge is 0.493 e. The van der Waals surface area contributed by atoms with Crippen molar-refractivity contribution in [1.29, 1.82) is 0 Å². The number of hydrogen-bond acceptors (Lipinski definition) is 5. The highest BCUT2D eigenvalue weighted by atomic mass is 32.2. The summed E-state index contributed by atoms with van der Waals surface area (Å²) in [7, 11) is -4.00. The van der Waals surface area contributed by atoms with Gasteiger partial charge in [-0.2, -0.15) is 4.31 Å². The van der Waals surface area contributed by atoms with Gasteiger partial charge >= 0.3 is 5.97 Å². The first-order valence-electron chi connectivity index (χ1n) is 9.61. The molecule has 0 saturated carbocycles. The smallest absolute Gasteiger partial charge is 0.338 e. The van der Waals surface area contributed by atoms with Crippen LogP contribution in [0.25, 0.3) is 0 Å². The highest BCUT2D eigenvalue weighted by molar-refractivity contribution is 7.89. The van der Waals surface area contributed by atoms with E-state index in [4.69, 9.17) is 9.47 Å². The van der Waals surface area contributed by atoms with Gasteiger partial charge in [-0.25, -0.2) is 17.6 Å². The molecule has 1 aliphatic heterocycles. The Kier molecular flexibility index (Phi) is 6.87. The van der Waals surface area contributed by atoms with Crippen LogP contribution >= 0.6 is 0 Å². The molecule has 29 heavy (non-hydrogen) atoms. The summed E-state index contributed by atoms with van der Waals surface area (Å²) < 4.78 is 52.0. The standard InChI is InChI=1S/C21H24FNO5S/c1-2-27-19-9-5-4-8-17(19)15-28-21(24)16-10-11-18(22)20(14-16)29(25,26)23-12-6-3-7-13-23/h4-5,8-11,14H,2-3,6-7,12-13,15H2,1H3. The third-order valence-corrected chi connectivity index (χ3v) is 6.64. The normalized spacial score (nSPS) is 15.1. The summed E-state index contributed by atoms with van der Waals surface area (Å²) >= 11 is 0. The zero-order chi connectivity index (χ0) is 20.9. The monoisotopic (exact) mass is 421 g/mol. The second-order valence-corrected chi connectivity index (χ2v) is 8.63. The maximum Gasteiger partial charge on any atom is 0.338 e. The molecule has 0 aliphatic carbocycles. The van der Waals surface area contributed by atoms with Crippen molar-refractivity contribution in [2.45, 2.75) is 37.7 Å². The number of benzene rings is 2. The number of carbonyl (C=O) groups is 1. The average molecular weight is 421 g/mol. The van der Waals surface area contributed by atoms with Gasteiger partial charge in [0.15, 0.2) is 0 Å². The number of halogens is 1. The summed E-state index contributed by atoms with van der Waals surface area (Å²) in [5.74, 6) is -1.00. The third kappa shape index (κ3) is 4.94. The van der Waals surface area contributed by atoms with Crippen LogP contribution < -0.4 is 4.74 Å². The Morgan fingerprint density at radius 3 is 2.55 bits per heavy atom. The molecule has 6 nitrogen and oxygen atoms in total. The number of piperidine rings is 1. The number of hydrogen-bond donors (Lipinski definition) is 0. The molecule has 0 N–H and O–H groups in total. The molecule has 0 amide bonds. The summed E-state index contributed by atoms with van der Waals surface area (Å²) in [4.78, 5) is 12.0. The van der Waals surface area contributed by atoms with Gasteiger partial charge in [-0.15, -0.1) is 0 Å². The zero-order valence-electron chi connectivity index (χ0n) is 16.3. The molecule has 156 valence electrons. The van der Waals surface area contributed by atoms with Crippen molar-refractivity contribution in [3.05, 3.63) is 59.4 Å². The first-order chi connectivity index (χ1) is 13.9. The van der Waals surface area contributed by atoms with Crippen LogP contribution in [0, 0.1) is 5.82 Å². The summed E-state index contributed by atoms with van der Waals surface area (Å²) in [6, 6.07) is 10.4. The Morgan fingerprint density at radius 1 is 1.10 bits per heavy atom. The minimum Gasteiger partial charge on any atom is -0.493 e. The number of carbonyl (C=O) groups excluding carboxylic acids is 1. The molecule has 2 aromatic rings. The molecule has 1 heterocycles. The van der Waals surface area contributed by atoms with E-state index in [1.54, 1.807) is 18.2 Å². The predicted molar refractivity (Wildman–Crippen MR) is 106 cm³/mol. The molecular weight excluding hydrogens is 397 g/mol. The van der Waals surface area contributed by atoms with Gasteiger partial charge < -0.3 is 9.47 Å². The van der Waals surface area contributed by atoms with E-state index in [2.05, 4.69) is 0 Å². The molecule has 0 atom stereocenters. The lowest BCUT2D eigenvalue weighted by Gasteiger charge is -2.26. The van der Waals surface area contributed by atoms with Crippen LogP contribution in [-0.2, 0) is 21.4 Å². The molecule has 1 fully saturated rings. The van der Waals surface area contributed by atoms with Gasteiger partial charge in [-0.05, 0) is 44.0 Å². The zero-order valence-corrected chi connectivity index (χ0v) is 17.1. The van der Waals surface area contributed by atoms with Crippen LogP contribution in [0.3, 0.4) is 0 Å². The lowest BCUT2D eigenvalue weighted by atomic mass is 10.2. The Morgan fingerprint density at radius 2 is 1.83 bits per heavy atom. The van der Waals surface area contributed by atoms with Gasteiger partial charge in [0.2, 0.25) is 10.0 Å². The lowest BCUT2D eigenvalue weighted by Crippen LogP contribution is -2.36. The topological polar surface area (TPSA) is 72.9 Å². The molecule has 0 radical (unpaired) electrons. The van der Waals surface area contributed by atoms with Crippen LogP contribution in [0.5, 0.6) is 5.75 Å². The van der Waals surface area contributed by atoms with E-state index in [1.807, 2.05) is 13.0 Å². The number of rotatable bonds is 7. The average Bonchev–Trinajstić information content (AvgIpc) is 2.74. The Balaban J connectivity index is 1.78. The van der Waals surface area contributed by atoms with Crippen LogP contribution in [0.15, 0.2) is 47.4 Å². The molecule has 8 heteroatoms. The van der Waals surface area contributed by atoms with Crippen molar-refractivity contribution in [3.63, 3.8) is 0 Å². The summed E-state index contributed by atoms with van der Waals surface area (Å²) in [5, 5.41) is 0. The SMILES string of the molecule is CCOc1ccccc1COC(=O)c1ccc(F)c(S(=O)(=O)N2CCCCC2)c1. The van der Waals surface area contributed by atoms with Crippen LogP contribution in [-0.4, -0.2) is 38.4 Å². The van der Waals surface area contributed by atoms with Gasteiger partial charge in [-0.1, -0.05) is 24.6 Å². The van der Waals surface area contributed by atoms with Crippen LogP contribution in [0.4, 0.5) is 4.39 Å². The van der Waals surface area contributed by atoms with Gasteiger partial charge in [-0.3, -0.25) is 0 Å². The van der Waals surface area contributed by atoms with Gasteiger partial charge in [0.05, 0.1) is 12.2 Å². The van der Waals surface area contributed by atoms with E-state index in [0.29, 0.717) is 31.0 Å². The van der Waals surface area contributed by atoms with Gasteiger partial charge in [0, 0.05) is 18.7 Å². The first kappa shape index (κ1) is 21.3. The van der Waals surface area contributed by atoms with Crippen molar-refractivity contribution in [1.82, 2.24) is 4.31 Å².